The molecule has 21 heavy (non-hydrogen) atoms. The number of carbonyl (C=O) groups excluding carboxylic acids is 1. The Morgan fingerprint density at radius 1 is 1.19 bits per heavy atom. The van der Waals surface area contributed by atoms with Crippen LogP contribution in [0.4, 0.5) is 4.79 Å². The van der Waals surface area contributed by atoms with Crippen molar-refractivity contribution in [3.05, 3.63) is 0 Å². The molecular weight excluding hydrogens is 270 g/mol. The monoisotopic (exact) mass is 297 g/mol. The normalized spacial score (nSPS) is 32.4. The lowest BCUT2D eigenvalue weighted by molar-refractivity contribution is -0.144. The number of nitrogens with zero attached hydrogens (tertiary/aromatic N) is 1. The van der Waals surface area contributed by atoms with Crippen LogP contribution in [0, 0.1) is 11.3 Å². The molecule has 0 aliphatic heterocycles. The van der Waals surface area contributed by atoms with Crippen LogP contribution in [0.5, 0.6) is 0 Å². The van der Waals surface area contributed by atoms with Crippen LogP contribution in [0.2, 0.25) is 0 Å². The second kappa shape index (κ2) is 5.50. The van der Waals surface area contributed by atoms with Crippen molar-refractivity contribution in [2.24, 2.45) is 11.3 Å². The van der Waals surface area contributed by atoms with E-state index in [1.54, 1.807) is 11.9 Å². The minimum atomic E-state index is -0.661. The van der Waals surface area contributed by atoms with Gasteiger partial charge in [0, 0.05) is 13.1 Å². The summed E-state index contributed by atoms with van der Waals surface area (Å²) in [5, 5.41) is 9.05. The third-order valence-corrected chi connectivity index (χ3v) is 4.96. The van der Waals surface area contributed by atoms with Crippen LogP contribution in [0.25, 0.3) is 0 Å². The average Bonchev–Trinajstić information content (AvgIpc) is 2.33. The zero-order valence-corrected chi connectivity index (χ0v) is 13.5. The van der Waals surface area contributed by atoms with Crippen LogP contribution >= 0.6 is 0 Å². The molecule has 0 aromatic heterocycles. The molecule has 2 aliphatic rings. The van der Waals surface area contributed by atoms with E-state index in [9.17, 15) is 9.59 Å². The van der Waals surface area contributed by atoms with Gasteiger partial charge >= 0.3 is 12.1 Å². The minimum absolute atomic E-state index is 0.168. The zero-order valence-electron chi connectivity index (χ0n) is 13.5. The predicted octanol–water partition coefficient (Wildman–Crippen LogP) is 3.28. The summed E-state index contributed by atoms with van der Waals surface area (Å²) in [4.78, 5) is 24.7. The molecule has 0 radical (unpaired) electrons. The van der Waals surface area contributed by atoms with E-state index in [0.29, 0.717) is 0 Å². The van der Waals surface area contributed by atoms with Crippen molar-refractivity contribution >= 4 is 12.1 Å². The van der Waals surface area contributed by atoms with Gasteiger partial charge in [-0.1, -0.05) is 0 Å². The Kier molecular flexibility index (Phi) is 4.22. The van der Waals surface area contributed by atoms with E-state index in [2.05, 4.69) is 0 Å². The van der Waals surface area contributed by atoms with Crippen molar-refractivity contribution in [2.45, 2.75) is 70.9 Å². The van der Waals surface area contributed by atoms with E-state index < -0.39 is 11.6 Å². The number of rotatable bonds is 2. The molecule has 2 rings (SSSR count). The van der Waals surface area contributed by atoms with Crippen LogP contribution in [-0.2, 0) is 9.53 Å². The molecule has 5 nitrogen and oxygen atoms in total. The van der Waals surface area contributed by atoms with Gasteiger partial charge in [0.05, 0.1) is 5.92 Å². The highest BCUT2D eigenvalue weighted by molar-refractivity contribution is 5.70. The van der Waals surface area contributed by atoms with Crippen molar-refractivity contribution < 1.29 is 19.4 Å². The maximum Gasteiger partial charge on any atom is 0.410 e. The van der Waals surface area contributed by atoms with Crippen LogP contribution in [0.1, 0.15) is 59.3 Å². The molecular formula is C16H27NO4. The van der Waals surface area contributed by atoms with Gasteiger partial charge in [0.15, 0.2) is 0 Å². The molecule has 0 heterocycles. The Bertz CT molecular complexity index is 410. The van der Waals surface area contributed by atoms with Crippen LogP contribution in [0.3, 0.4) is 0 Å². The summed E-state index contributed by atoms with van der Waals surface area (Å²) in [7, 11) is 1.80. The molecule has 1 spiro atoms. The number of hydrogen-bond acceptors (Lipinski definition) is 3. The number of aliphatic carboxylic acids is 1. The Balaban J connectivity index is 1.81. The van der Waals surface area contributed by atoms with Crippen molar-refractivity contribution in [3.8, 4) is 0 Å². The third-order valence-electron chi connectivity index (χ3n) is 4.96. The minimum Gasteiger partial charge on any atom is -0.481 e. The summed E-state index contributed by atoms with van der Waals surface area (Å²) in [6.45, 7) is 5.61. The van der Waals surface area contributed by atoms with Crippen LogP contribution in [-0.4, -0.2) is 40.8 Å². The van der Waals surface area contributed by atoms with E-state index >= 15 is 0 Å². The topological polar surface area (TPSA) is 66.8 Å². The van der Waals surface area contributed by atoms with Crippen molar-refractivity contribution in [2.75, 3.05) is 7.05 Å². The summed E-state index contributed by atoms with van der Waals surface area (Å²) in [6.07, 6.45) is 5.20. The lowest BCUT2D eigenvalue weighted by Crippen LogP contribution is -2.53. The second-order valence-electron chi connectivity index (χ2n) is 7.77. The number of hydrogen-bond donors (Lipinski definition) is 1. The molecule has 5 heteroatoms. The van der Waals surface area contributed by atoms with Gasteiger partial charge in [0.25, 0.3) is 0 Å². The van der Waals surface area contributed by atoms with Crippen LogP contribution < -0.4 is 0 Å². The summed E-state index contributed by atoms with van der Waals surface area (Å²) < 4.78 is 5.39. The van der Waals surface area contributed by atoms with Gasteiger partial charge in [0.1, 0.15) is 5.60 Å². The van der Waals surface area contributed by atoms with Gasteiger partial charge in [-0.05, 0) is 64.7 Å². The van der Waals surface area contributed by atoms with Gasteiger partial charge in [-0.2, -0.15) is 0 Å². The summed E-state index contributed by atoms with van der Waals surface area (Å²) >= 11 is 0. The third kappa shape index (κ3) is 3.69. The molecule has 2 aliphatic carbocycles. The maximum atomic E-state index is 12.0. The Morgan fingerprint density at radius 2 is 1.71 bits per heavy atom. The van der Waals surface area contributed by atoms with Gasteiger partial charge in [-0.15, -0.1) is 0 Å². The second-order valence-corrected chi connectivity index (χ2v) is 7.77. The SMILES string of the molecule is CN(C(=O)OC(C)(C)C)C1CC2(CCC(C(=O)O)CC2)C1. The molecule has 120 valence electrons. The summed E-state index contributed by atoms with van der Waals surface area (Å²) in [6, 6.07) is 0.237. The molecule has 2 saturated carbocycles. The molecule has 1 amide bonds. The first-order valence-electron chi connectivity index (χ1n) is 7.81. The first kappa shape index (κ1) is 16.1. The predicted molar refractivity (Wildman–Crippen MR) is 79.0 cm³/mol. The number of carboxylic acid groups (broad SMARTS) is 1. The molecule has 0 saturated heterocycles. The quantitative estimate of drug-likeness (QED) is 0.849. The standard InChI is InChI=1S/C16H27NO4/c1-15(2,3)21-14(20)17(4)12-9-16(10-12)7-5-11(6-8-16)13(18)19/h11-12H,5-10H2,1-4H3,(H,18,19). The number of amides is 1. The highest BCUT2D eigenvalue weighted by atomic mass is 16.6. The molecule has 0 unspecified atom stereocenters. The number of ether oxygens (including phenoxy) is 1. The fourth-order valence-corrected chi connectivity index (χ4v) is 3.58. The van der Waals surface area contributed by atoms with E-state index in [-0.39, 0.29) is 23.5 Å². The average molecular weight is 297 g/mol. The molecule has 0 aromatic carbocycles. The van der Waals surface area contributed by atoms with Gasteiger partial charge < -0.3 is 14.7 Å². The van der Waals surface area contributed by atoms with E-state index in [0.717, 1.165) is 38.5 Å². The lowest BCUT2D eigenvalue weighted by atomic mass is 9.56. The van der Waals surface area contributed by atoms with E-state index in [1.165, 1.54) is 0 Å². The summed E-state index contributed by atoms with van der Waals surface area (Å²) in [5.41, 5.74) is -0.195. The van der Waals surface area contributed by atoms with Crippen molar-refractivity contribution in [1.82, 2.24) is 4.90 Å². The van der Waals surface area contributed by atoms with Gasteiger partial charge in [-0.3, -0.25) is 4.79 Å². The number of carbonyl (C=O) groups is 2. The highest BCUT2D eigenvalue weighted by Crippen LogP contribution is 2.54. The zero-order chi connectivity index (χ0) is 15.8. The molecule has 0 atom stereocenters. The smallest absolute Gasteiger partial charge is 0.410 e. The largest absolute Gasteiger partial charge is 0.481 e. The highest BCUT2D eigenvalue weighted by Gasteiger charge is 2.49. The molecule has 2 fully saturated rings. The van der Waals surface area contributed by atoms with E-state index in [1.807, 2.05) is 20.8 Å². The fraction of sp³-hybridized carbons (Fsp3) is 0.875. The van der Waals surface area contributed by atoms with Crippen LogP contribution in [0.15, 0.2) is 0 Å². The first-order chi connectivity index (χ1) is 9.62. The fourth-order valence-electron chi connectivity index (χ4n) is 3.58. The molecule has 0 bridgehead atoms. The lowest BCUT2D eigenvalue weighted by Gasteiger charge is -2.53. The van der Waals surface area contributed by atoms with Crippen molar-refractivity contribution in [3.63, 3.8) is 0 Å². The van der Waals surface area contributed by atoms with Gasteiger partial charge in [0.2, 0.25) is 0 Å². The van der Waals surface area contributed by atoms with Gasteiger partial charge in [-0.25, -0.2) is 4.79 Å². The van der Waals surface area contributed by atoms with E-state index in [4.69, 9.17) is 9.84 Å². The Labute approximate surface area is 126 Å². The number of carboxylic acids is 1. The molecule has 1 N–H and O–H groups in total. The maximum absolute atomic E-state index is 12.0. The summed E-state index contributed by atoms with van der Waals surface area (Å²) in [5.74, 6) is -0.829. The molecule has 0 aromatic rings. The Morgan fingerprint density at radius 3 is 2.14 bits per heavy atom. The van der Waals surface area contributed by atoms with Crippen molar-refractivity contribution in [1.29, 1.82) is 0 Å². The Hall–Kier alpha value is -1.26. The first-order valence-corrected chi connectivity index (χ1v) is 7.81.